The molecule has 0 aromatic heterocycles. The Morgan fingerprint density at radius 1 is 1.70 bits per heavy atom. The van der Waals surface area contributed by atoms with E-state index in [0.717, 1.165) is 0 Å². The number of amides is 1. The molecule has 1 aliphatic heterocycles. The van der Waals surface area contributed by atoms with Crippen LogP contribution in [0.15, 0.2) is 0 Å². The van der Waals surface area contributed by atoms with E-state index in [2.05, 4.69) is 0 Å². The molecule has 0 radical (unpaired) electrons. The molecule has 4 nitrogen and oxygen atoms in total. The molecule has 2 N–H and O–H groups in total. The van der Waals surface area contributed by atoms with Crippen molar-refractivity contribution in [2.24, 2.45) is 0 Å². The summed E-state index contributed by atoms with van der Waals surface area (Å²) < 4.78 is 0. The van der Waals surface area contributed by atoms with Crippen LogP contribution in [0.5, 0.6) is 0 Å². The van der Waals surface area contributed by atoms with Crippen LogP contribution in [0.1, 0.15) is 6.92 Å². The van der Waals surface area contributed by atoms with Crippen LogP contribution in [-0.2, 0) is 4.79 Å². The van der Waals surface area contributed by atoms with Gasteiger partial charge < -0.3 is 15.1 Å². The van der Waals surface area contributed by atoms with Crippen molar-refractivity contribution in [3.63, 3.8) is 0 Å². The van der Waals surface area contributed by atoms with Crippen molar-refractivity contribution in [3.8, 4) is 0 Å². The average molecular weight is 145 g/mol. The number of β-amino-alcohol motifs (C(OH)–C–C–N with tert-alkyl or cyclic N) is 1. The van der Waals surface area contributed by atoms with E-state index in [9.17, 15) is 4.79 Å². The first-order valence-electron chi connectivity index (χ1n) is 3.26. The summed E-state index contributed by atoms with van der Waals surface area (Å²) in [6, 6.07) is 0. The van der Waals surface area contributed by atoms with Crippen LogP contribution in [0.3, 0.4) is 0 Å². The van der Waals surface area contributed by atoms with Crippen molar-refractivity contribution >= 4 is 5.91 Å². The molecule has 1 unspecified atom stereocenters. The highest BCUT2D eigenvalue weighted by atomic mass is 16.3. The maximum Gasteiger partial charge on any atom is 0.251 e. The second-order valence-electron chi connectivity index (χ2n) is 2.57. The number of carbonyl (C=O) groups excluding carboxylic acids is 1. The third-order valence-corrected chi connectivity index (χ3v) is 1.53. The molecule has 0 aromatic carbocycles. The summed E-state index contributed by atoms with van der Waals surface area (Å²) in [4.78, 5) is 12.3. The summed E-state index contributed by atoms with van der Waals surface area (Å²) in [6.45, 7) is 2.15. The van der Waals surface area contributed by atoms with Crippen LogP contribution in [0.4, 0.5) is 0 Å². The molecule has 0 saturated carbocycles. The largest absolute Gasteiger partial charge is 0.389 e. The number of nitrogens with zero attached hydrogens (tertiary/aromatic N) is 1. The summed E-state index contributed by atoms with van der Waals surface area (Å²) in [5.74, 6) is -0.301. The Kier molecular flexibility index (Phi) is 1.92. The molecule has 0 bridgehead atoms. The van der Waals surface area contributed by atoms with Crippen LogP contribution in [-0.4, -0.2) is 46.3 Å². The van der Waals surface area contributed by atoms with Gasteiger partial charge in [0.1, 0.15) is 6.10 Å². The van der Waals surface area contributed by atoms with Crippen LogP contribution in [0, 0.1) is 0 Å². The van der Waals surface area contributed by atoms with Gasteiger partial charge >= 0.3 is 0 Å². The fraction of sp³-hybridized carbons (Fsp3) is 0.833. The lowest BCUT2D eigenvalue weighted by Crippen LogP contribution is -2.55. The second-order valence-corrected chi connectivity index (χ2v) is 2.57. The van der Waals surface area contributed by atoms with Crippen LogP contribution in [0.25, 0.3) is 0 Å². The van der Waals surface area contributed by atoms with Crippen molar-refractivity contribution in [2.75, 3.05) is 13.1 Å². The molecule has 1 rings (SSSR count). The Labute approximate surface area is 59.1 Å². The van der Waals surface area contributed by atoms with Gasteiger partial charge in [-0.1, -0.05) is 0 Å². The molecule has 1 saturated heterocycles. The molecule has 58 valence electrons. The summed E-state index contributed by atoms with van der Waals surface area (Å²) in [7, 11) is 0. The van der Waals surface area contributed by atoms with Gasteiger partial charge in [0.05, 0.1) is 6.10 Å². The summed E-state index contributed by atoms with van der Waals surface area (Å²) in [6.07, 6.45) is -1.32. The Balaban J connectivity index is 2.31. The van der Waals surface area contributed by atoms with Gasteiger partial charge in [-0.2, -0.15) is 0 Å². The van der Waals surface area contributed by atoms with Crippen molar-refractivity contribution in [3.05, 3.63) is 0 Å². The van der Waals surface area contributed by atoms with Gasteiger partial charge in [0.15, 0.2) is 0 Å². The van der Waals surface area contributed by atoms with E-state index >= 15 is 0 Å². The summed E-state index contributed by atoms with van der Waals surface area (Å²) in [5.41, 5.74) is 0. The first kappa shape index (κ1) is 7.50. The fourth-order valence-corrected chi connectivity index (χ4v) is 0.899. The maximum absolute atomic E-state index is 10.8. The van der Waals surface area contributed by atoms with Gasteiger partial charge in [-0.15, -0.1) is 0 Å². The third-order valence-electron chi connectivity index (χ3n) is 1.53. The molecule has 1 amide bonds. The zero-order valence-electron chi connectivity index (χ0n) is 5.82. The lowest BCUT2D eigenvalue weighted by Gasteiger charge is -2.36. The monoisotopic (exact) mass is 145 g/mol. The highest BCUT2D eigenvalue weighted by Gasteiger charge is 2.30. The number of aliphatic hydroxyl groups excluding tert-OH is 2. The first-order chi connectivity index (χ1) is 4.61. The first-order valence-corrected chi connectivity index (χ1v) is 3.26. The number of carbonyl (C=O) groups is 1. The maximum atomic E-state index is 10.8. The number of hydrogen-bond acceptors (Lipinski definition) is 3. The highest BCUT2D eigenvalue weighted by Crippen LogP contribution is 2.08. The Morgan fingerprint density at radius 2 is 2.20 bits per heavy atom. The standard InChI is InChI=1S/C6H11NO3/c1-4(8)6(10)7-2-5(9)3-7/h4-5,8-9H,2-3H2,1H3. The Hall–Kier alpha value is -0.610. The number of likely N-dealkylation sites (tertiary alicyclic amines) is 1. The van der Waals surface area contributed by atoms with Crippen molar-refractivity contribution < 1.29 is 15.0 Å². The predicted octanol–water partition coefficient (Wildman–Crippen LogP) is -1.43. The molecule has 1 aliphatic rings. The number of hydrogen-bond donors (Lipinski definition) is 2. The van der Waals surface area contributed by atoms with Gasteiger partial charge in [0.2, 0.25) is 0 Å². The van der Waals surface area contributed by atoms with Gasteiger partial charge in [-0.3, -0.25) is 4.79 Å². The molecule has 0 aliphatic carbocycles. The van der Waals surface area contributed by atoms with Crippen molar-refractivity contribution in [2.45, 2.75) is 19.1 Å². The zero-order chi connectivity index (χ0) is 7.72. The molecule has 1 atom stereocenters. The fourth-order valence-electron chi connectivity index (χ4n) is 0.899. The van der Waals surface area contributed by atoms with Gasteiger partial charge in [-0.25, -0.2) is 0 Å². The van der Waals surface area contributed by atoms with Gasteiger partial charge in [-0.05, 0) is 6.92 Å². The second kappa shape index (κ2) is 2.56. The average Bonchev–Trinajstić information content (AvgIpc) is 1.79. The smallest absolute Gasteiger partial charge is 0.251 e. The van der Waals surface area contributed by atoms with E-state index in [1.165, 1.54) is 11.8 Å². The minimum atomic E-state index is -0.938. The van der Waals surface area contributed by atoms with E-state index in [1.807, 2.05) is 0 Å². The van der Waals surface area contributed by atoms with Crippen LogP contribution < -0.4 is 0 Å². The topological polar surface area (TPSA) is 60.8 Å². The van der Waals surface area contributed by atoms with E-state index in [-0.39, 0.29) is 12.0 Å². The van der Waals surface area contributed by atoms with E-state index in [1.54, 1.807) is 0 Å². The number of aliphatic hydroxyl groups is 2. The molecule has 10 heavy (non-hydrogen) atoms. The van der Waals surface area contributed by atoms with E-state index in [4.69, 9.17) is 10.2 Å². The molecular weight excluding hydrogens is 134 g/mol. The molecule has 1 heterocycles. The van der Waals surface area contributed by atoms with Crippen molar-refractivity contribution in [1.29, 1.82) is 0 Å². The number of rotatable bonds is 1. The molecule has 0 aromatic rings. The molecule has 0 spiro atoms. The Morgan fingerprint density at radius 3 is 2.50 bits per heavy atom. The molecular formula is C6H11NO3. The summed E-state index contributed by atoms with van der Waals surface area (Å²) >= 11 is 0. The summed E-state index contributed by atoms with van der Waals surface area (Å²) in [5, 5.41) is 17.5. The zero-order valence-corrected chi connectivity index (χ0v) is 5.82. The molecule has 4 heteroatoms. The van der Waals surface area contributed by atoms with E-state index in [0.29, 0.717) is 13.1 Å². The lowest BCUT2D eigenvalue weighted by atomic mass is 10.1. The highest BCUT2D eigenvalue weighted by molar-refractivity contribution is 5.81. The minimum absolute atomic E-state index is 0.301. The quantitative estimate of drug-likeness (QED) is 0.475. The van der Waals surface area contributed by atoms with E-state index < -0.39 is 6.10 Å². The van der Waals surface area contributed by atoms with Crippen LogP contribution >= 0.6 is 0 Å². The van der Waals surface area contributed by atoms with Gasteiger partial charge in [0.25, 0.3) is 5.91 Å². The Bertz CT molecular complexity index is 140. The SMILES string of the molecule is CC(O)C(=O)N1CC(O)C1. The third kappa shape index (κ3) is 1.27. The lowest BCUT2D eigenvalue weighted by molar-refractivity contribution is -0.149. The van der Waals surface area contributed by atoms with Gasteiger partial charge in [0, 0.05) is 13.1 Å². The molecule has 1 fully saturated rings. The predicted molar refractivity (Wildman–Crippen MR) is 34.3 cm³/mol. The minimum Gasteiger partial charge on any atom is -0.389 e. The van der Waals surface area contributed by atoms with Crippen LogP contribution in [0.2, 0.25) is 0 Å². The van der Waals surface area contributed by atoms with Crippen molar-refractivity contribution in [1.82, 2.24) is 4.90 Å². The normalized spacial score (nSPS) is 22.1.